The van der Waals surface area contributed by atoms with E-state index < -0.39 is 6.04 Å². The molecule has 5 heteroatoms. The summed E-state index contributed by atoms with van der Waals surface area (Å²) in [6, 6.07) is 0.0325. The number of hydrogen-bond acceptors (Lipinski definition) is 3. The molecule has 1 atom stereocenters. The molecule has 1 fully saturated rings. The second-order valence-electron chi connectivity index (χ2n) is 6.35. The summed E-state index contributed by atoms with van der Waals surface area (Å²) >= 11 is 0. The smallest absolute Gasteiger partial charge is 0.239 e. The minimum absolute atomic E-state index is 0.0392. The van der Waals surface area contributed by atoms with E-state index in [-0.39, 0.29) is 29.8 Å². The van der Waals surface area contributed by atoms with Gasteiger partial charge in [0.1, 0.15) is 0 Å². The third-order valence-corrected chi connectivity index (χ3v) is 4.09. The molecule has 0 bridgehead atoms. The molecule has 0 saturated carbocycles. The van der Waals surface area contributed by atoms with Crippen molar-refractivity contribution in [1.82, 2.24) is 9.80 Å². The van der Waals surface area contributed by atoms with E-state index in [1.54, 1.807) is 6.92 Å². The minimum Gasteiger partial charge on any atom is -0.341 e. The maximum Gasteiger partial charge on any atom is 0.239 e. The number of nitrogens with zero attached hydrogens (tertiary/aromatic N) is 2. The maximum absolute atomic E-state index is 12.2. The molecule has 0 spiro atoms. The highest BCUT2D eigenvalue weighted by Crippen LogP contribution is 2.20. The van der Waals surface area contributed by atoms with Crippen LogP contribution in [0.15, 0.2) is 0 Å². The lowest BCUT2D eigenvalue weighted by molar-refractivity contribution is -0.138. The van der Waals surface area contributed by atoms with E-state index >= 15 is 0 Å². The molecule has 5 nitrogen and oxygen atoms in total. The summed E-state index contributed by atoms with van der Waals surface area (Å²) < 4.78 is 0. The van der Waals surface area contributed by atoms with Gasteiger partial charge in [0.2, 0.25) is 11.8 Å². The van der Waals surface area contributed by atoms with Crippen LogP contribution >= 0.6 is 0 Å². The van der Waals surface area contributed by atoms with Gasteiger partial charge in [0.15, 0.2) is 0 Å². The molecule has 1 aliphatic rings. The van der Waals surface area contributed by atoms with Crippen molar-refractivity contribution in [3.8, 4) is 0 Å². The first-order valence-electron chi connectivity index (χ1n) is 7.59. The normalized spacial score (nSPS) is 18.5. The van der Waals surface area contributed by atoms with Gasteiger partial charge in [0.05, 0.1) is 6.04 Å². The van der Waals surface area contributed by atoms with E-state index in [0.717, 1.165) is 12.8 Å². The third-order valence-electron chi connectivity index (χ3n) is 4.09. The first kappa shape index (κ1) is 17.0. The fraction of sp³-hybridized carbons (Fsp3) is 0.867. The summed E-state index contributed by atoms with van der Waals surface area (Å²) in [5.74, 6) is 0.311. The van der Waals surface area contributed by atoms with Crippen molar-refractivity contribution in [1.29, 1.82) is 0 Å². The number of rotatable bonds is 4. The van der Waals surface area contributed by atoms with Crippen LogP contribution in [0, 0.1) is 5.92 Å². The summed E-state index contributed by atoms with van der Waals surface area (Å²) in [7, 11) is 0. The Balaban J connectivity index is 2.59. The zero-order chi connectivity index (χ0) is 15.4. The highest BCUT2D eigenvalue weighted by molar-refractivity contribution is 5.82. The summed E-state index contributed by atoms with van der Waals surface area (Å²) in [6.45, 7) is 11.0. The van der Waals surface area contributed by atoms with Crippen molar-refractivity contribution in [2.24, 2.45) is 11.7 Å². The van der Waals surface area contributed by atoms with Crippen LogP contribution in [0.4, 0.5) is 0 Å². The highest BCUT2D eigenvalue weighted by Gasteiger charge is 2.31. The Morgan fingerprint density at radius 2 is 1.65 bits per heavy atom. The van der Waals surface area contributed by atoms with Gasteiger partial charge in [0, 0.05) is 32.1 Å². The molecular weight excluding hydrogens is 254 g/mol. The lowest BCUT2D eigenvalue weighted by Crippen LogP contribution is -2.54. The number of hydrogen-bond donors (Lipinski definition) is 1. The summed E-state index contributed by atoms with van der Waals surface area (Å²) in [6.07, 6.45) is 1.68. The van der Waals surface area contributed by atoms with E-state index in [4.69, 9.17) is 5.73 Å². The highest BCUT2D eigenvalue weighted by atomic mass is 16.2. The molecule has 0 radical (unpaired) electrons. The predicted molar refractivity (Wildman–Crippen MR) is 80.1 cm³/mol. The van der Waals surface area contributed by atoms with Gasteiger partial charge >= 0.3 is 0 Å². The van der Waals surface area contributed by atoms with Crippen molar-refractivity contribution < 1.29 is 9.59 Å². The summed E-state index contributed by atoms with van der Waals surface area (Å²) in [5.41, 5.74) is 5.93. The average molecular weight is 283 g/mol. The summed E-state index contributed by atoms with van der Waals surface area (Å²) in [5, 5.41) is 0. The van der Waals surface area contributed by atoms with Crippen molar-refractivity contribution >= 4 is 11.8 Å². The van der Waals surface area contributed by atoms with Crippen LogP contribution in [0.5, 0.6) is 0 Å². The van der Waals surface area contributed by atoms with Crippen LogP contribution in [0.1, 0.15) is 47.5 Å². The quantitative estimate of drug-likeness (QED) is 0.843. The SMILES string of the molecule is CC(=O)N(C(C)C)C1CCN(C(=O)C(N)C(C)C)CC1. The van der Waals surface area contributed by atoms with Crippen LogP contribution in [-0.4, -0.2) is 52.8 Å². The fourth-order valence-corrected chi connectivity index (χ4v) is 2.90. The van der Waals surface area contributed by atoms with E-state index in [9.17, 15) is 9.59 Å². The Bertz CT molecular complexity index is 347. The Morgan fingerprint density at radius 3 is 2.00 bits per heavy atom. The van der Waals surface area contributed by atoms with Crippen LogP contribution in [0.3, 0.4) is 0 Å². The van der Waals surface area contributed by atoms with E-state index in [1.165, 1.54) is 0 Å². The molecule has 2 N–H and O–H groups in total. The zero-order valence-corrected chi connectivity index (χ0v) is 13.4. The van der Waals surface area contributed by atoms with Crippen LogP contribution in [-0.2, 0) is 9.59 Å². The van der Waals surface area contributed by atoms with Gasteiger partial charge in [-0.15, -0.1) is 0 Å². The Kier molecular flexibility index (Phi) is 5.99. The van der Waals surface area contributed by atoms with Gasteiger partial charge in [-0.1, -0.05) is 13.8 Å². The second-order valence-corrected chi connectivity index (χ2v) is 6.35. The average Bonchev–Trinajstić information content (AvgIpc) is 2.37. The Morgan fingerprint density at radius 1 is 1.15 bits per heavy atom. The van der Waals surface area contributed by atoms with E-state index in [2.05, 4.69) is 0 Å². The monoisotopic (exact) mass is 283 g/mol. The van der Waals surface area contributed by atoms with Gasteiger partial charge in [-0.25, -0.2) is 0 Å². The van der Waals surface area contributed by atoms with Gasteiger partial charge in [-0.3, -0.25) is 9.59 Å². The van der Waals surface area contributed by atoms with Gasteiger partial charge in [-0.2, -0.15) is 0 Å². The van der Waals surface area contributed by atoms with Crippen molar-refractivity contribution in [3.63, 3.8) is 0 Å². The largest absolute Gasteiger partial charge is 0.341 e. The number of carbonyl (C=O) groups excluding carboxylic acids is 2. The zero-order valence-electron chi connectivity index (χ0n) is 13.4. The second kappa shape index (κ2) is 7.07. The number of amides is 2. The molecule has 1 rings (SSSR count). The fourth-order valence-electron chi connectivity index (χ4n) is 2.90. The molecular formula is C15H29N3O2. The van der Waals surface area contributed by atoms with Gasteiger partial charge < -0.3 is 15.5 Å². The third kappa shape index (κ3) is 3.95. The van der Waals surface area contributed by atoms with Gasteiger partial charge in [0.25, 0.3) is 0 Å². The number of likely N-dealkylation sites (tertiary alicyclic amines) is 1. The predicted octanol–water partition coefficient (Wildman–Crippen LogP) is 1.22. The number of carbonyl (C=O) groups is 2. The topological polar surface area (TPSA) is 66.6 Å². The first-order chi connectivity index (χ1) is 9.25. The number of nitrogens with two attached hydrogens (primary N) is 1. The van der Waals surface area contributed by atoms with Crippen molar-refractivity contribution in [2.45, 2.75) is 65.6 Å². The molecule has 1 heterocycles. The molecule has 0 aromatic rings. The van der Waals surface area contributed by atoms with Crippen LogP contribution < -0.4 is 5.73 Å². The first-order valence-corrected chi connectivity index (χ1v) is 7.59. The molecule has 1 saturated heterocycles. The minimum atomic E-state index is -0.416. The van der Waals surface area contributed by atoms with Crippen LogP contribution in [0.25, 0.3) is 0 Å². The molecule has 1 aliphatic heterocycles. The lowest BCUT2D eigenvalue weighted by Gasteiger charge is -2.41. The molecule has 0 aliphatic carbocycles. The Labute approximate surface area is 122 Å². The molecule has 0 aromatic carbocycles. The molecule has 116 valence electrons. The van der Waals surface area contributed by atoms with Crippen molar-refractivity contribution in [2.75, 3.05) is 13.1 Å². The van der Waals surface area contributed by atoms with Gasteiger partial charge in [-0.05, 0) is 32.6 Å². The van der Waals surface area contributed by atoms with E-state index in [1.807, 2.05) is 37.5 Å². The number of piperidine rings is 1. The molecule has 0 aromatic heterocycles. The molecule has 20 heavy (non-hydrogen) atoms. The van der Waals surface area contributed by atoms with E-state index in [0.29, 0.717) is 13.1 Å². The lowest BCUT2D eigenvalue weighted by atomic mass is 9.98. The molecule has 2 amide bonds. The molecule has 1 unspecified atom stereocenters. The standard InChI is InChI=1S/C15H29N3O2/c1-10(2)14(16)15(20)17-8-6-13(7-9-17)18(11(3)4)12(5)19/h10-11,13-14H,6-9,16H2,1-5H3. The summed E-state index contributed by atoms with van der Waals surface area (Å²) in [4.78, 5) is 27.7. The van der Waals surface area contributed by atoms with Crippen molar-refractivity contribution in [3.05, 3.63) is 0 Å². The van der Waals surface area contributed by atoms with Crippen LogP contribution in [0.2, 0.25) is 0 Å². The maximum atomic E-state index is 12.2. The Hall–Kier alpha value is -1.10.